The zero-order valence-corrected chi connectivity index (χ0v) is 11.4. The fourth-order valence-electron chi connectivity index (χ4n) is 2.91. The number of anilines is 1. The molecule has 2 atom stereocenters. The molecule has 4 nitrogen and oxygen atoms in total. The molecule has 3 N–H and O–H groups in total. The van der Waals surface area contributed by atoms with Gasteiger partial charge in [0.15, 0.2) is 0 Å². The second-order valence-electron chi connectivity index (χ2n) is 5.36. The Labute approximate surface area is 109 Å². The first-order chi connectivity index (χ1) is 8.69. The topological polar surface area (TPSA) is 63.8 Å². The quantitative estimate of drug-likeness (QED) is 0.858. The van der Waals surface area contributed by atoms with Crippen LogP contribution < -0.4 is 11.1 Å². The molecule has 0 aliphatic heterocycles. The minimum absolute atomic E-state index is 0.676. The highest BCUT2D eigenvalue weighted by Crippen LogP contribution is 2.29. The number of nitrogens with two attached hydrogens (primary N) is 1. The summed E-state index contributed by atoms with van der Waals surface area (Å²) in [6.07, 6.45) is 5.25. The maximum Gasteiger partial charge on any atom is 0.129 e. The summed E-state index contributed by atoms with van der Waals surface area (Å²) in [5, 5.41) is 3.45. The van der Waals surface area contributed by atoms with Crippen LogP contribution in [-0.2, 0) is 0 Å². The van der Waals surface area contributed by atoms with E-state index in [0.29, 0.717) is 11.8 Å². The van der Waals surface area contributed by atoms with Crippen molar-refractivity contribution in [1.82, 2.24) is 9.97 Å². The number of rotatable bonds is 4. The fourth-order valence-corrected chi connectivity index (χ4v) is 2.91. The van der Waals surface area contributed by atoms with E-state index in [0.717, 1.165) is 30.4 Å². The highest BCUT2D eigenvalue weighted by atomic mass is 15.0. The summed E-state index contributed by atoms with van der Waals surface area (Å²) in [6, 6.07) is 2.01. The highest BCUT2D eigenvalue weighted by Gasteiger charge is 2.23. The molecule has 0 saturated heterocycles. The van der Waals surface area contributed by atoms with Gasteiger partial charge in [0.25, 0.3) is 0 Å². The third kappa shape index (κ3) is 3.42. The molecule has 0 amide bonds. The first kappa shape index (κ1) is 13.3. The summed E-state index contributed by atoms with van der Waals surface area (Å²) in [5.74, 6) is 3.15. The monoisotopic (exact) mass is 248 g/mol. The van der Waals surface area contributed by atoms with Crippen LogP contribution in [0.4, 0.5) is 5.82 Å². The van der Waals surface area contributed by atoms with Gasteiger partial charge in [0.05, 0.1) is 0 Å². The van der Waals surface area contributed by atoms with E-state index in [-0.39, 0.29) is 0 Å². The minimum atomic E-state index is 0.676. The van der Waals surface area contributed by atoms with Gasteiger partial charge in [0.1, 0.15) is 11.6 Å². The number of hydrogen-bond donors (Lipinski definition) is 2. The Morgan fingerprint density at radius 1 is 1.22 bits per heavy atom. The van der Waals surface area contributed by atoms with E-state index in [1.165, 1.54) is 25.7 Å². The van der Waals surface area contributed by atoms with Crippen LogP contribution in [0.2, 0.25) is 0 Å². The van der Waals surface area contributed by atoms with Crippen molar-refractivity contribution in [2.75, 3.05) is 18.4 Å². The van der Waals surface area contributed by atoms with Gasteiger partial charge in [-0.25, -0.2) is 9.97 Å². The molecule has 0 aromatic carbocycles. The third-order valence-corrected chi connectivity index (χ3v) is 3.88. The van der Waals surface area contributed by atoms with Gasteiger partial charge < -0.3 is 11.1 Å². The normalized spacial score (nSPS) is 23.9. The molecular weight excluding hydrogens is 224 g/mol. The maximum atomic E-state index is 5.86. The Morgan fingerprint density at radius 2 is 1.94 bits per heavy atom. The third-order valence-electron chi connectivity index (χ3n) is 3.88. The van der Waals surface area contributed by atoms with E-state index < -0.39 is 0 Å². The van der Waals surface area contributed by atoms with Crippen LogP contribution in [-0.4, -0.2) is 23.1 Å². The van der Waals surface area contributed by atoms with Crippen molar-refractivity contribution in [3.8, 4) is 0 Å². The molecule has 1 heterocycles. The van der Waals surface area contributed by atoms with Gasteiger partial charge in [-0.05, 0) is 45.1 Å². The first-order valence-electron chi connectivity index (χ1n) is 6.95. The van der Waals surface area contributed by atoms with E-state index in [1.54, 1.807) is 0 Å². The number of aryl methyl sites for hydroxylation is 2. The summed E-state index contributed by atoms with van der Waals surface area (Å²) in [5.41, 5.74) is 6.88. The van der Waals surface area contributed by atoms with Gasteiger partial charge in [-0.2, -0.15) is 0 Å². The molecule has 1 aromatic rings. The largest absolute Gasteiger partial charge is 0.370 e. The Hall–Kier alpha value is -1.16. The number of nitrogens with one attached hydrogen (secondary N) is 1. The molecule has 0 spiro atoms. The number of aromatic nitrogens is 2. The van der Waals surface area contributed by atoms with E-state index in [9.17, 15) is 0 Å². The van der Waals surface area contributed by atoms with Crippen LogP contribution in [0, 0.1) is 25.7 Å². The molecule has 18 heavy (non-hydrogen) atoms. The molecule has 1 aromatic heterocycles. The lowest BCUT2D eigenvalue weighted by molar-refractivity contribution is 0.255. The Morgan fingerprint density at radius 3 is 2.61 bits per heavy atom. The molecule has 4 heteroatoms. The van der Waals surface area contributed by atoms with Crippen molar-refractivity contribution < 1.29 is 0 Å². The van der Waals surface area contributed by atoms with Crippen molar-refractivity contribution in [3.63, 3.8) is 0 Å². The lowest BCUT2D eigenvalue weighted by Gasteiger charge is -2.30. The molecule has 2 rings (SSSR count). The molecular formula is C14H24N4. The minimum Gasteiger partial charge on any atom is -0.370 e. The summed E-state index contributed by atoms with van der Waals surface area (Å²) >= 11 is 0. The summed E-state index contributed by atoms with van der Waals surface area (Å²) in [7, 11) is 0. The predicted molar refractivity (Wildman–Crippen MR) is 74.5 cm³/mol. The first-order valence-corrected chi connectivity index (χ1v) is 6.95. The van der Waals surface area contributed by atoms with Crippen LogP contribution >= 0.6 is 0 Å². The molecule has 0 radical (unpaired) electrons. The lowest BCUT2D eigenvalue weighted by Crippen LogP contribution is -2.31. The SMILES string of the molecule is Cc1cc(NCC2CCCCC2CN)nc(C)n1. The van der Waals surface area contributed by atoms with Gasteiger partial charge in [-0.3, -0.25) is 0 Å². The second kappa shape index (κ2) is 6.14. The average Bonchev–Trinajstić information content (AvgIpc) is 2.35. The highest BCUT2D eigenvalue weighted by molar-refractivity contribution is 5.35. The smallest absolute Gasteiger partial charge is 0.129 e. The molecule has 2 unspecified atom stereocenters. The Bertz CT molecular complexity index is 371. The summed E-state index contributed by atoms with van der Waals surface area (Å²) in [6.45, 7) is 5.73. The van der Waals surface area contributed by atoms with E-state index >= 15 is 0 Å². The summed E-state index contributed by atoms with van der Waals surface area (Å²) < 4.78 is 0. The van der Waals surface area contributed by atoms with Gasteiger partial charge in [-0.15, -0.1) is 0 Å². The van der Waals surface area contributed by atoms with Gasteiger partial charge in [0.2, 0.25) is 0 Å². The molecule has 1 aliphatic carbocycles. The molecule has 100 valence electrons. The van der Waals surface area contributed by atoms with Crippen LogP contribution in [0.5, 0.6) is 0 Å². The van der Waals surface area contributed by atoms with Crippen LogP contribution in [0.25, 0.3) is 0 Å². The molecule has 0 bridgehead atoms. The standard InChI is InChI=1S/C14H24N4/c1-10-7-14(18-11(2)17-10)16-9-13-6-4-3-5-12(13)8-15/h7,12-13H,3-6,8-9,15H2,1-2H3,(H,16,17,18). The Kier molecular flexibility index (Phi) is 4.53. The zero-order chi connectivity index (χ0) is 13.0. The lowest BCUT2D eigenvalue weighted by atomic mass is 9.79. The second-order valence-corrected chi connectivity index (χ2v) is 5.36. The van der Waals surface area contributed by atoms with Gasteiger partial charge in [-0.1, -0.05) is 12.8 Å². The van der Waals surface area contributed by atoms with Crippen LogP contribution in [0.3, 0.4) is 0 Å². The maximum absolute atomic E-state index is 5.86. The average molecular weight is 248 g/mol. The van der Waals surface area contributed by atoms with E-state index in [4.69, 9.17) is 5.73 Å². The zero-order valence-electron chi connectivity index (χ0n) is 11.4. The predicted octanol–water partition coefficient (Wildman–Crippen LogP) is 2.27. The van der Waals surface area contributed by atoms with Crippen LogP contribution in [0.15, 0.2) is 6.07 Å². The van der Waals surface area contributed by atoms with Crippen molar-refractivity contribution in [3.05, 3.63) is 17.6 Å². The van der Waals surface area contributed by atoms with Gasteiger partial charge >= 0.3 is 0 Å². The summed E-state index contributed by atoms with van der Waals surface area (Å²) in [4.78, 5) is 8.70. The molecule has 1 saturated carbocycles. The Balaban J connectivity index is 1.93. The molecule has 1 fully saturated rings. The number of hydrogen-bond acceptors (Lipinski definition) is 4. The van der Waals surface area contributed by atoms with Gasteiger partial charge in [0, 0.05) is 18.3 Å². The number of nitrogens with zero attached hydrogens (tertiary/aromatic N) is 2. The fraction of sp³-hybridized carbons (Fsp3) is 0.714. The van der Waals surface area contributed by atoms with Crippen molar-refractivity contribution in [2.24, 2.45) is 17.6 Å². The van der Waals surface area contributed by atoms with Crippen molar-refractivity contribution in [2.45, 2.75) is 39.5 Å². The van der Waals surface area contributed by atoms with Crippen molar-refractivity contribution in [1.29, 1.82) is 0 Å². The van der Waals surface area contributed by atoms with E-state index in [2.05, 4.69) is 15.3 Å². The van der Waals surface area contributed by atoms with E-state index in [1.807, 2.05) is 19.9 Å². The molecule has 1 aliphatic rings. The van der Waals surface area contributed by atoms with Crippen LogP contribution in [0.1, 0.15) is 37.2 Å². The van der Waals surface area contributed by atoms with Crippen molar-refractivity contribution >= 4 is 5.82 Å².